The Balaban J connectivity index is 2.20. The molecule has 0 unspecified atom stereocenters. The minimum Gasteiger partial charge on any atom is -0.191 e. The molecule has 0 radical (unpaired) electrons. The fraction of sp³-hybridized carbons (Fsp3) is 0. The molecule has 0 N–H and O–H groups in total. The van der Waals surface area contributed by atoms with E-state index in [1.54, 1.807) is 16.8 Å². The van der Waals surface area contributed by atoms with Gasteiger partial charge in [0.2, 0.25) is 0 Å². The summed E-state index contributed by atoms with van der Waals surface area (Å²) in [6.07, 6.45) is 0. The number of para-hydroxylation sites is 1. The molecule has 19 heavy (non-hydrogen) atoms. The van der Waals surface area contributed by atoms with Gasteiger partial charge in [0, 0.05) is 5.56 Å². The molecule has 0 amide bonds. The summed E-state index contributed by atoms with van der Waals surface area (Å²) in [5, 5.41) is 12.9. The fourth-order valence-corrected chi connectivity index (χ4v) is 2.22. The van der Waals surface area contributed by atoms with E-state index in [-0.39, 0.29) is 0 Å². The molecule has 0 fully saturated rings. The van der Waals surface area contributed by atoms with Crippen molar-refractivity contribution in [3.05, 3.63) is 58.6 Å². The van der Waals surface area contributed by atoms with Gasteiger partial charge in [0.1, 0.15) is 0 Å². The summed E-state index contributed by atoms with van der Waals surface area (Å²) in [6.45, 7) is 0. The highest BCUT2D eigenvalue weighted by Crippen LogP contribution is 2.28. The lowest BCUT2D eigenvalue weighted by Crippen LogP contribution is -2.00. The van der Waals surface area contributed by atoms with Gasteiger partial charge in [0.15, 0.2) is 5.82 Å². The first-order valence-corrected chi connectivity index (χ1v) is 6.31. The second-order valence-electron chi connectivity index (χ2n) is 3.85. The van der Waals surface area contributed by atoms with Gasteiger partial charge in [-0.2, -0.15) is 4.68 Å². The normalized spacial score (nSPS) is 10.6. The number of hydrogen-bond acceptors (Lipinski definition) is 3. The predicted molar refractivity (Wildman–Crippen MR) is 74.6 cm³/mol. The van der Waals surface area contributed by atoms with E-state index in [1.165, 1.54) is 0 Å². The van der Waals surface area contributed by atoms with Crippen LogP contribution in [0.5, 0.6) is 0 Å². The molecule has 0 aliphatic rings. The molecule has 0 saturated heterocycles. The van der Waals surface area contributed by atoms with Crippen LogP contribution in [0.3, 0.4) is 0 Å². The van der Waals surface area contributed by atoms with Crippen molar-refractivity contribution >= 4 is 23.2 Å². The number of halogens is 2. The number of rotatable bonds is 2. The SMILES string of the molecule is Clc1ccccc1-c1nnnn1-c1ccccc1Cl. The van der Waals surface area contributed by atoms with E-state index in [4.69, 9.17) is 23.2 Å². The van der Waals surface area contributed by atoms with Crippen LogP contribution in [0.15, 0.2) is 48.5 Å². The molecule has 1 heterocycles. The highest BCUT2D eigenvalue weighted by molar-refractivity contribution is 6.33. The van der Waals surface area contributed by atoms with E-state index in [9.17, 15) is 0 Å². The van der Waals surface area contributed by atoms with Crippen LogP contribution < -0.4 is 0 Å². The lowest BCUT2D eigenvalue weighted by Gasteiger charge is -2.07. The Morgan fingerprint density at radius 1 is 0.842 bits per heavy atom. The smallest absolute Gasteiger partial charge is 0.188 e. The van der Waals surface area contributed by atoms with Crippen molar-refractivity contribution in [1.29, 1.82) is 0 Å². The van der Waals surface area contributed by atoms with Crippen molar-refractivity contribution in [2.75, 3.05) is 0 Å². The molecule has 0 spiro atoms. The summed E-state index contributed by atoms with van der Waals surface area (Å²) >= 11 is 12.3. The molecule has 0 saturated carbocycles. The van der Waals surface area contributed by atoms with E-state index < -0.39 is 0 Å². The lowest BCUT2D eigenvalue weighted by molar-refractivity contribution is 0.791. The maximum Gasteiger partial charge on any atom is 0.188 e. The molecule has 3 rings (SSSR count). The summed E-state index contributed by atoms with van der Waals surface area (Å²) < 4.78 is 1.57. The van der Waals surface area contributed by atoms with Crippen molar-refractivity contribution in [3.8, 4) is 17.1 Å². The van der Waals surface area contributed by atoms with E-state index in [0.29, 0.717) is 21.6 Å². The molecule has 0 aliphatic heterocycles. The van der Waals surface area contributed by atoms with Crippen LogP contribution in [0.1, 0.15) is 0 Å². The Morgan fingerprint density at radius 3 is 2.26 bits per heavy atom. The highest BCUT2D eigenvalue weighted by atomic mass is 35.5. The zero-order chi connectivity index (χ0) is 13.2. The minimum atomic E-state index is 0.554. The fourth-order valence-electron chi connectivity index (χ4n) is 1.78. The molecule has 2 aromatic carbocycles. The van der Waals surface area contributed by atoms with Gasteiger partial charge in [-0.1, -0.05) is 47.5 Å². The molecule has 4 nitrogen and oxygen atoms in total. The van der Waals surface area contributed by atoms with Crippen LogP contribution >= 0.6 is 23.2 Å². The van der Waals surface area contributed by atoms with Crippen LogP contribution in [-0.4, -0.2) is 20.2 Å². The summed E-state index contributed by atoms with van der Waals surface area (Å²) in [7, 11) is 0. The van der Waals surface area contributed by atoms with E-state index in [0.717, 1.165) is 5.56 Å². The maximum atomic E-state index is 6.17. The molecule has 0 atom stereocenters. The average Bonchev–Trinajstić information content (AvgIpc) is 2.89. The summed E-state index contributed by atoms with van der Waals surface area (Å²) in [4.78, 5) is 0. The quantitative estimate of drug-likeness (QED) is 0.724. The molecule has 94 valence electrons. The first kappa shape index (κ1) is 12.1. The number of tetrazole rings is 1. The highest BCUT2D eigenvalue weighted by Gasteiger charge is 2.14. The maximum absolute atomic E-state index is 6.17. The van der Waals surface area contributed by atoms with Crippen molar-refractivity contribution in [3.63, 3.8) is 0 Å². The van der Waals surface area contributed by atoms with Crippen LogP contribution in [0.25, 0.3) is 17.1 Å². The summed E-state index contributed by atoms with van der Waals surface area (Å²) in [5.74, 6) is 0.554. The molecule has 0 aliphatic carbocycles. The third kappa shape index (κ3) is 2.20. The predicted octanol–water partition coefficient (Wildman–Crippen LogP) is 3.64. The third-order valence-electron chi connectivity index (χ3n) is 2.66. The zero-order valence-corrected chi connectivity index (χ0v) is 11.2. The van der Waals surface area contributed by atoms with Crippen molar-refractivity contribution in [2.24, 2.45) is 0 Å². The Labute approximate surface area is 119 Å². The Kier molecular flexibility index (Phi) is 3.19. The third-order valence-corrected chi connectivity index (χ3v) is 3.31. The van der Waals surface area contributed by atoms with E-state index in [2.05, 4.69) is 15.5 Å². The standard InChI is InChI=1S/C13H8Cl2N4/c14-10-6-2-1-5-9(10)13-16-17-18-19(13)12-8-4-3-7-11(12)15/h1-8H. The molecule has 6 heteroatoms. The molecular weight excluding hydrogens is 283 g/mol. The van der Waals surface area contributed by atoms with Gasteiger partial charge < -0.3 is 0 Å². The molecule has 0 bridgehead atoms. The summed E-state index contributed by atoms with van der Waals surface area (Å²) in [5.41, 5.74) is 1.47. The molecular formula is C13H8Cl2N4. The topological polar surface area (TPSA) is 43.6 Å². The number of aromatic nitrogens is 4. The Bertz CT molecular complexity index is 664. The minimum absolute atomic E-state index is 0.554. The van der Waals surface area contributed by atoms with Crippen molar-refractivity contribution < 1.29 is 0 Å². The average molecular weight is 291 g/mol. The second kappa shape index (κ2) is 4.99. The van der Waals surface area contributed by atoms with Crippen molar-refractivity contribution in [2.45, 2.75) is 0 Å². The van der Waals surface area contributed by atoms with Crippen LogP contribution in [0, 0.1) is 0 Å². The number of benzene rings is 2. The lowest BCUT2D eigenvalue weighted by atomic mass is 10.2. The summed E-state index contributed by atoms with van der Waals surface area (Å²) in [6, 6.07) is 14.8. The Hall–Kier alpha value is -1.91. The van der Waals surface area contributed by atoms with Gasteiger partial charge in [-0.25, -0.2) is 0 Å². The van der Waals surface area contributed by atoms with E-state index >= 15 is 0 Å². The van der Waals surface area contributed by atoms with Gasteiger partial charge in [-0.3, -0.25) is 0 Å². The van der Waals surface area contributed by atoms with Gasteiger partial charge in [-0.15, -0.1) is 5.10 Å². The van der Waals surface area contributed by atoms with Crippen LogP contribution in [0.2, 0.25) is 10.0 Å². The largest absolute Gasteiger partial charge is 0.191 e. The van der Waals surface area contributed by atoms with Crippen LogP contribution in [-0.2, 0) is 0 Å². The first-order chi connectivity index (χ1) is 9.27. The zero-order valence-electron chi connectivity index (χ0n) is 9.66. The van der Waals surface area contributed by atoms with Gasteiger partial charge in [-0.05, 0) is 34.7 Å². The molecule has 1 aromatic heterocycles. The van der Waals surface area contributed by atoms with Gasteiger partial charge in [0.25, 0.3) is 0 Å². The monoisotopic (exact) mass is 290 g/mol. The van der Waals surface area contributed by atoms with Crippen molar-refractivity contribution in [1.82, 2.24) is 20.2 Å². The van der Waals surface area contributed by atoms with Gasteiger partial charge in [0.05, 0.1) is 15.7 Å². The van der Waals surface area contributed by atoms with Gasteiger partial charge >= 0.3 is 0 Å². The van der Waals surface area contributed by atoms with E-state index in [1.807, 2.05) is 36.4 Å². The molecule has 3 aromatic rings. The van der Waals surface area contributed by atoms with Crippen LogP contribution in [0.4, 0.5) is 0 Å². The first-order valence-electron chi connectivity index (χ1n) is 5.55. The number of hydrogen-bond donors (Lipinski definition) is 0. The Morgan fingerprint density at radius 2 is 1.53 bits per heavy atom. The number of nitrogens with zero attached hydrogens (tertiary/aromatic N) is 4. The second-order valence-corrected chi connectivity index (χ2v) is 4.66.